The van der Waals surface area contributed by atoms with Gasteiger partial charge in [0.15, 0.2) is 0 Å². The molecule has 0 bridgehead atoms. The summed E-state index contributed by atoms with van der Waals surface area (Å²) < 4.78 is 0. The zero-order valence-corrected chi connectivity index (χ0v) is 14.4. The van der Waals surface area contributed by atoms with Gasteiger partial charge in [-0.2, -0.15) is 0 Å². The minimum absolute atomic E-state index is 0.406. The van der Waals surface area contributed by atoms with Crippen molar-refractivity contribution in [2.75, 3.05) is 6.54 Å². The molecule has 0 amide bonds. The summed E-state index contributed by atoms with van der Waals surface area (Å²) in [5.41, 5.74) is 1.20. The summed E-state index contributed by atoms with van der Waals surface area (Å²) in [5.74, 6) is 0. The van der Waals surface area contributed by atoms with E-state index >= 15 is 0 Å². The number of aromatic nitrogens is 1. The predicted molar refractivity (Wildman–Crippen MR) is 93.6 cm³/mol. The van der Waals surface area contributed by atoms with Gasteiger partial charge in [-0.25, -0.2) is 4.98 Å². The van der Waals surface area contributed by atoms with Crippen LogP contribution < -0.4 is 5.32 Å². The zero-order valence-electron chi connectivity index (χ0n) is 11.9. The third kappa shape index (κ3) is 4.23. The van der Waals surface area contributed by atoms with E-state index in [1.54, 1.807) is 11.3 Å². The highest BCUT2D eigenvalue weighted by molar-refractivity contribution is 7.10. The molecule has 0 aliphatic rings. The normalized spacial score (nSPS) is 12.6. The largest absolute Gasteiger partial charge is 0.309 e. The van der Waals surface area contributed by atoms with E-state index in [1.807, 2.05) is 22.7 Å². The Morgan fingerprint density at radius 1 is 1.14 bits per heavy atom. The summed E-state index contributed by atoms with van der Waals surface area (Å²) in [7, 11) is 0. The molecule has 0 fully saturated rings. The van der Waals surface area contributed by atoms with E-state index in [4.69, 9.17) is 0 Å². The quantitative estimate of drug-likeness (QED) is 0.678. The monoisotopic (exact) mass is 334 g/mol. The first-order chi connectivity index (χ1) is 10.3. The van der Waals surface area contributed by atoms with Crippen LogP contribution >= 0.6 is 34.0 Å². The van der Waals surface area contributed by atoms with Gasteiger partial charge in [0.25, 0.3) is 0 Å². The minimum atomic E-state index is 0.406. The molecular formula is C16H18N2S3. The molecule has 21 heavy (non-hydrogen) atoms. The van der Waals surface area contributed by atoms with Crippen molar-refractivity contribution in [2.24, 2.45) is 0 Å². The maximum absolute atomic E-state index is 4.53. The molecule has 0 aliphatic heterocycles. The fraction of sp³-hybridized carbons (Fsp3) is 0.312. The Balaban J connectivity index is 1.59. The smallest absolute Gasteiger partial charge is 0.0897 e. The topological polar surface area (TPSA) is 24.9 Å². The summed E-state index contributed by atoms with van der Waals surface area (Å²) in [5, 5.41) is 11.3. The number of thiophene rings is 2. The zero-order chi connectivity index (χ0) is 14.5. The fourth-order valence-electron chi connectivity index (χ4n) is 2.29. The van der Waals surface area contributed by atoms with Gasteiger partial charge >= 0.3 is 0 Å². The first-order valence-corrected chi connectivity index (χ1v) is 9.65. The molecule has 0 spiro atoms. The second-order valence-electron chi connectivity index (χ2n) is 4.91. The van der Waals surface area contributed by atoms with Gasteiger partial charge in [-0.3, -0.25) is 0 Å². The molecule has 0 aliphatic carbocycles. The molecule has 3 heterocycles. The maximum atomic E-state index is 4.53. The molecule has 5 heteroatoms. The van der Waals surface area contributed by atoms with Crippen LogP contribution in [0.15, 0.2) is 40.4 Å². The van der Waals surface area contributed by atoms with Crippen molar-refractivity contribution < 1.29 is 0 Å². The highest BCUT2D eigenvalue weighted by Crippen LogP contribution is 2.24. The van der Waals surface area contributed by atoms with Crippen LogP contribution in [0.5, 0.6) is 0 Å². The molecule has 110 valence electrons. The van der Waals surface area contributed by atoms with Crippen LogP contribution in [0, 0.1) is 6.92 Å². The highest BCUT2D eigenvalue weighted by Gasteiger charge is 2.13. The fourth-order valence-corrected chi connectivity index (χ4v) is 4.49. The van der Waals surface area contributed by atoms with E-state index in [2.05, 4.69) is 57.6 Å². The first-order valence-electron chi connectivity index (χ1n) is 7.01. The van der Waals surface area contributed by atoms with Crippen molar-refractivity contribution >= 4 is 34.0 Å². The Kier molecular flexibility index (Phi) is 5.19. The lowest BCUT2D eigenvalue weighted by molar-refractivity contribution is 0.543. The number of nitrogens with zero attached hydrogens (tertiary/aromatic N) is 1. The number of hydrogen-bond acceptors (Lipinski definition) is 5. The van der Waals surface area contributed by atoms with E-state index in [9.17, 15) is 0 Å². The van der Waals surface area contributed by atoms with E-state index in [1.165, 1.54) is 15.4 Å². The van der Waals surface area contributed by atoms with Crippen molar-refractivity contribution in [3.63, 3.8) is 0 Å². The van der Waals surface area contributed by atoms with Crippen LogP contribution in [0.25, 0.3) is 0 Å². The van der Waals surface area contributed by atoms with Crippen LogP contribution in [0.2, 0.25) is 0 Å². The van der Waals surface area contributed by atoms with E-state index in [0.29, 0.717) is 6.04 Å². The molecule has 1 N–H and O–H groups in total. The second-order valence-corrected chi connectivity index (χ2v) is 7.99. The maximum Gasteiger partial charge on any atom is 0.0897 e. The lowest BCUT2D eigenvalue weighted by Crippen LogP contribution is -2.24. The Hall–Kier alpha value is -1.01. The molecule has 0 aromatic carbocycles. The average molecular weight is 335 g/mol. The summed E-state index contributed by atoms with van der Waals surface area (Å²) in [6.45, 7) is 3.03. The number of thiazole rings is 1. The molecule has 3 aromatic heterocycles. The van der Waals surface area contributed by atoms with Gasteiger partial charge < -0.3 is 5.32 Å². The van der Waals surface area contributed by atoms with Crippen LogP contribution in [-0.2, 0) is 12.8 Å². The Morgan fingerprint density at radius 2 is 2.00 bits per heavy atom. The number of nitrogens with one attached hydrogen (secondary N) is 1. The first kappa shape index (κ1) is 14.9. The number of rotatable bonds is 7. The molecular weight excluding hydrogens is 316 g/mol. The van der Waals surface area contributed by atoms with Gasteiger partial charge in [0.1, 0.15) is 0 Å². The van der Waals surface area contributed by atoms with Crippen molar-refractivity contribution in [1.82, 2.24) is 10.3 Å². The van der Waals surface area contributed by atoms with Crippen molar-refractivity contribution in [2.45, 2.75) is 25.8 Å². The van der Waals surface area contributed by atoms with Crippen LogP contribution in [0.3, 0.4) is 0 Å². The lowest BCUT2D eigenvalue weighted by Gasteiger charge is -2.16. The van der Waals surface area contributed by atoms with Crippen molar-refractivity contribution in [3.8, 4) is 0 Å². The lowest BCUT2D eigenvalue weighted by atomic mass is 10.1. The summed E-state index contributed by atoms with van der Waals surface area (Å²) in [6, 6.07) is 9.11. The Bertz CT molecular complexity index is 641. The molecule has 0 saturated carbocycles. The minimum Gasteiger partial charge on any atom is -0.309 e. The summed E-state index contributed by atoms with van der Waals surface area (Å²) >= 11 is 5.40. The molecule has 0 radical (unpaired) electrons. The van der Waals surface area contributed by atoms with E-state index < -0.39 is 0 Å². The molecule has 3 aromatic rings. The van der Waals surface area contributed by atoms with Gasteiger partial charge in [0.2, 0.25) is 0 Å². The Labute approximate surface area is 137 Å². The van der Waals surface area contributed by atoms with Gasteiger partial charge in [-0.05, 0) is 29.8 Å². The number of hydrogen-bond donors (Lipinski definition) is 1. The van der Waals surface area contributed by atoms with E-state index in [-0.39, 0.29) is 0 Å². The third-order valence-electron chi connectivity index (χ3n) is 3.31. The number of aryl methyl sites for hydroxylation is 1. The Morgan fingerprint density at radius 3 is 2.67 bits per heavy atom. The second kappa shape index (κ2) is 7.31. The van der Waals surface area contributed by atoms with Crippen molar-refractivity contribution in [3.05, 3.63) is 60.9 Å². The highest BCUT2D eigenvalue weighted by atomic mass is 32.1. The SMILES string of the molecule is Cc1nc(CCNC(Cc2cccs2)c2cccs2)cs1. The van der Waals surface area contributed by atoms with Gasteiger partial charge in [-0.1, -0.05) is 12.1 Å². The van der Waals surface area contributed by atoms with Crippen LogP contribution in [0.4, 0.5) is 0 Å². The van der Waals surface area contributed by atoms with Crippen LogP contribution in [-0.4, -0.2) is 11.5 Å². The average Bonchev–Trinajstić information content (AvgIpc) is 3.19. The third-order valence-corrected chi connectivity index (χ3v) is 6.02. The summed E-state index contributed by atoms with van der Waals surface area (Å²) in [6.07, 6.45) is 2.06. The predicted octanol–water partition coefficient (Wildman–Crippen LogP) is 4.69. The molecule has 1 unspecified atom stereocenters. The van der Waals surface area contributed by atoms with Crippen LogP contribution in [0.1, 0.15) is 26.5 Å². The van der Waals surface area contributed by atoms with E-state index in [0.717, 1.165) is 24.4 Å². The van der Waals surface area contributed by atoms with Gasteiger partial charge in [0, 0.05) is 40.6 Å². The molecule has 2 nitrogen and oxygen atoms in total. The summed E-state index contributed by atoms with van der Waals surface area (Å²) in [4.78, 5) is 7.38. The van der Waals surface area contributed by atoms with Crippen molar-refractivity contribution in [1.29, 1.82) is 0 Å². The molecule has 1 atom stereocenters. The van der Waals surface area contributed by atoms with Gasteiger partial charge in [0.05, 0.1) is 10.7 Å². The van der Waals surface area contributed by atoms with Gasteiger partial charge in [-0.15, -0.1) is 34.0 Å². The molecule has 3 rings (SSSR count). The standard InChI is InChI=1S/C16H18N2S3/c1-12-18-13(11-21-12)6-7-17-15(16-5-3-9-20-16)10-14-4-2-8-19-14/h2-5,8-9,11,15,17H,6-7,10H2,1H3. The molecule has 0 saturated heterocycles.